The molecule has 2 atom stereocenters. The molecule has 1 aliphatic rings. The van der Waals surface area contributed by atoms with E-state index < -0.39 is 0 Å². The molecule has 0 aliphatic carbocycles. The second-order valence-corrected chi connectivity index (χ2v) is 6.27. The Morgan fingerprint density at radius 3 is 2.80 bits per heavy atom. The Kier molecular flexibility index (Phi) is 4.51. The van der Waals surface area contributed by atoms with Crippen LogP contribution in [0.5, 0.6) is 0 Å². The van der Waals surface area contributed by atoms with Crippen LogP contribution in [0.15, 0.2) is 47.2 Å². The van der Waals surface area contributed by atoms with E-state index in [1.54, 1.807) is 11.3 Å². The molecule has 1 N–H and O–H groups in total. The van der Waals surface area contributed by atoms with E-state index in [0.29, 0.717) is 12.1 Å². The van der Waals surface area contributed by atoms with Crippen molar-refractivity contribution in [2.75, 3.05) is 13.1 Å². The monoisotopic (exact) mass is 286 g/mol. The molecule has 2 nitrogen and oxygen atoms in total. The zero-order valence-electron chi connectivity index (χ0n) is 12.0. The Morgan fingerprint density at radius 2 is 2.10 bits per heavy atom. The first kappa shape index (κ1) is 13.8. The maximum atomic E-state index is 3.71. The van der Waals surface area contributed by atoms with Crippen LogP contribution in [0.25, 0.3) is 0 Å². The van der Waals surface area contributed by atoms with Gasteiger partial charge >= 0.3 is 0 Å². The summed E-state index contributed by atoms with van der Waals surface area (Å²) in [4.78, 5) is 2.64. The molecule has 0 spiro atoms. The van der Waals surface area contributed by atoms with Gasteiger partial charge in [0.05, 0.1) is 0 Å². The molecular formula is C17H22N2S. The van der Waals surface area contributed by atoms with Crippen LogP contribution in [0, 0.1) is 0 Å². The summed E-state index contributed by atoms with van der Waals surface area (Å²) in [6.07, 6.45) is 1.21. The van der Waals surface area contributed by atoms with Gasteiger partial charge in [-0.2, -0.15) is 11.3 Å². The van der Waals surface area contributed by atoms with Gasteiger partial charge in [0, 0.05) is 31.7 Å². The molecule has 3 heteroatoms. The molecule has 2 aromatic rings. The fourth-order valence-corrected chi connectivity index (χ4v) is 3.64. The first-order chi connectivity index (χ1) is 9.86. The Labute approximate surface area is 125 Å². The Bertz CT molecular complexity index is 509. The van der Waals surface area contributed by atoms with Gasteiger partial charge in [-0.1, -0.05) is 37.3 Å². The van der Waals surface area contributed by atoms with E-state index in [4.69, 9.17) is 0 Å². The lowest BCUT2D eigenvalue weighted by atomic mass is 10.0. The molecule has 0 amide bonds. The summed E-state index contributed by atoms with van der Waals surface area (Å²) >= 11 is 1.79. The molecule has 0 saturated carbocycles. The van der Waals surface area contributed by atoms with E-state index in [9.17, 15) is 0 Å². The zero-order chi connectivity index (χ0) is 13.8. The zero-order valence-corrected chi connectivity index (χ0v) is 12.8. The van der Waals surface area contributed by atoms with E-state index in [1.165, 1.54) is 17.5 Å². The molecule has 3 rings (SSSR count). The largest absolute Gasteiger partial charge is 0.307 e. The smallest absolute Gasteiger partial charge is 0.0450 e. The highest BCUT2D eigenvalue weighted by Gasteiger charge is 2.27. The number of thiophene rings is 1. The van der Waals surface area contributed by atoms with Crippen LogP contribution in [0.2, 0.25) is 0 Å². The minimum atomic E-state index is 0.456. The summed E-state index contributed by atoms with van der Waals surface area (Å²) in [5.74, 6) is 0. The van der Waals surface area contributed by atoms with Crippen molar-refractivity contribution in [3.05, 3.63) is 58.3 Å². The van der Waals surface area contributed by atoms with Crippen molar-refractivity contribution in [3.63, 3.8) is 0 Å². The van der Waals surface area contributed by atoms with Crippen molar-refractivity contribution >= 4 is 11.3 Å². The van der Waals surface area contributed by atoms with Gasteiger partial charge < -0.3 is 5.32 Å². The van der Waals surface area contributed by atoms with Gasteiger partial charge in [-0.25, -0.2) is 0 Å². The van der Waals surface area contributed by atoms with E-state index in [2.05, 4.69) is 64.3 Å². The highest BCUT2D eigenvalue weighted by Crippen LogP contribution is 2.23. The fourth-order valence-electron chi connectivity index (χ4n) is 2.98. The average molecular weight is 286 g/mol. The maximum Gasteiger partial charge on any atom is 0.0450 e. The van der Waals surface area contributed by atoms with Crippen molar-refractivity contribution in [2.24, 2.45) is 0 Å². The third kappa shape index (κ3) is 3.11. The van der Waals surface area contributed by atoms with Crippen LogP contribution in [0.4, 0.5) is 0 Å². The van der Waals surface area contributed by atoms with E-state index in [-0.39, 0.29) is 0 Å². The molecule has 2 heterocycles. The van der Waals surface area contributed by atoms with E-state index >= 15 is 0 Å². The van der Waals surface area contributed by atoms with Crippen LogP contribution < -0.4 is 5.32 Å². The number of benzene rings is 1. The van der Waals surface area contributed by atoms with Crippen molar-refractivity contribution in [1.29, 1.82) is 0 Å². The van der Waals surface area contributed by atoms with Crippen molar-refractivity contribution < 1.29 is 0 Å². The summed E-state index contributed by atoms with van der Waals surface area (Å²) < 4.78 is 0. The highest BCUT2D eigenvalue weighted by molar-refractivity contribution is 7.07. The standard InChI is InChI=1S/C17H22N2S/c1-2-16-10-18-17(15-6-4-3-5-7-15)12-19(16)11-14-8-9-20-13-14/h3-9,13,16-18H,2,10-12H2,1H3. The molecule has 20 heavy (non-hydrogen) atoms. The summed E-state index contributed by atoms with van der Waals surface area (Å²) in [5, 5.41) is 8.15. The first-order valence-corrected chi connectivity index (χ1v) is 8.34. The third-order valence-corrected chi connectivity index (χ3v) is 4.90. The number of hydrogen-bond acceptors (Lipinski definition) is 3. The molecule has 2 unspecified atom stereocenters. The SMILES string of the molecule is CCC1CNC(c2ccccc2)CN1Cc1ccsc1. The summed E-state index contributed by atoms with van der Waals surface area (Å²) in [7, 11) is 0. The normalized spacial score (nSPS) is 23.9. The molecule has 1 aliphatic heterocycles. The minimum Gasteiger partial charge on any atom is -0.307 e. The molecule has 1 fully saturated rings. The minimum absolute atomic E-state index is 0.456. The van der Waals surface area contributed by atoms with Crippen molar-refractivity contribution in [1.82, 2.24) is 10.2 Å². The molecule has 1 saturated heterocycles. The van der Waals surface area contributed by atoms with E-state index in [0.717, 1.165) is 19.6 Å². The summed E-state index contributed by atoms with van der Waals surface area (Å²) in [6.45, 7) is 5.54. The van der Waals surface area contributed by atoms with Gasteiger partial charge in [0.25, 0.3) is 0 Å². The molecule has 0 radical (unpaired) electrons. The Hall–Kier alpha value is -1.16. The predicted octanol–water partition coefficient (Wildman–Crippen LogP) is 3.67. The Morgan fingerprint density at radius 1 is 1.25 bits per heavy atom. The second kappa shape index (κ2) is 6.53. The van der Waals surface area contributed by atoms with E-state index in [1.807, 2.05) is 0 Å². The van der Waals surface area contributed by atoms with Gasteiger partial charge in [-0.3, -0.25) is 4.90 Å². The lowest BCUT2D eigenvalue weighted by Crippen LogP contribution is -2.51. The average Bonchev–Trinajstić information content (AvgIpc) is 3.01. The van der Waals surface area contributed by atoms with Crippen LogP contribution in [-0.2, 0) is 6.54 Å². The van der Waals surface area contributed by atoms with Crippen molar-refractivity contribution in [3.8, 4) is 0 Å². The quantitative estimate of drug-likeness (QED) is 0.922. The Balaban J connectivity index is 1.72. The lowest BCUT2D eigenvalue weighted by molar-refractivity contribution is 0.119. The number of hydrogen-bond donors (Lipinski definition) is 1. The molecule has 1 aromatic carbocycles. The van der Waals surface area contributed by atoms with Gasteiger partial charge in [-0.05, 0) is 34.4 Å². The van der Waals surface area contributed by atoms with Crippen LogP contribution in [-0.4, -0.2) is 24.0 Å². The third-order valence-electron chi connectivity index (χ3n) is 4.17. The number of piperazine rings is 1. The van der Waals surface area contributed by atoms with Crippen molar-refractivity contribution in [2.45, 2.75) is 32.0 Å². The maximum absolute atomic E-state index is 3.71. The molecule has 1 aromatic heterocycles. The van der Waals surface area contributed by atoms with Gasteiger partial charge in [0.2, 0.25) is 0 Å². The summed E-state index contributed by atoms with van der Waals surface area (Å²) in [5.41, 5.74) is 2.85. The first-order valence-electron chi connectivity index (χ1n) is 7.40. The van der Waals surface area contributed by atoms with Gasteiger partial charge in [0.1, 0.15) is 0 Å². The number of rotatable bonds is 4. The second-order valence-electron chi connectivity index (χ2n) is 5.49. The van der Waals surface area contributed by atoms with Crippen LogP contribution >= 0.6 is 11.3 Å². The molecular weight excluding hydrogens is 264 g/mol. The topological polar surface area (TPSA) is 15.3 Å². The highest BCUT2D eigenvalue weighted by atomic mass is 32.1. The van der Waals surface area contributed by atoms with Crippen LogP contribution in [0.3, 0.4) is 0 Å². The lowest BCUT2D eigenvalue weighted by Gasteiger charge is -2.40. The van der Waals surface area contributed by atoms with Crippen LogP contribution in [0.1, 0.15) is 30.5 Å². The molecule has 106 valence electrons. The predicted molar refractivity (Wildman–Crippen MR) is 86.0 cm³/mol. The molecule has 0 bridgehead atoms. The van der Waals surface area contributed by atoms with Gasteiger partial charge in [-0.15, -0.1) is 0 Å². The number of nitrogens with zero attached hydrogens (tertiary/aromatic N) is 1. The summed E-state index contributed by atoms with van der Waals surface area (Å²) in [6, 6.07) is 14.2. The van der Waals surface area contributed by atoms with Gasteiger partial charge in [0.15, 0.2) is 0 Å². The number of nitrogens with one attached hydrogen (secondary N) is 1. The fraction of sp³-hybridized carbons (Fsp3) is 0.412.